The van der Waals surface area contributed by atoms with Gasteiger partial charge < -0.3 is 18.5 Å². The van der Waals surface area contributed by atoms with Gasteiger partial charge in [-0.25, -0.2) is 9.97 Å². The topological polar surface area (TPSA) is 52.0 Å². The molecule has 5 heterocycles. The van der Waals surface area contributed by atoms with Crippen LogP contribution in [0.2, 0.25) is 0 Å². The summed E-state index contributed by atoms with van der Waals surface area (Å²) in [4.78, 5) is 11.9. The molecule has 288 valence electrons. The van der Waals surface area contributed by atoms with E-state index in [0.29, 0.717) is 0 Å². The van der Waals surface area contributed by atoms with Gasteiger partial charge in [-0.1, -0.05) is 126 Å². The number of aromatic nitrogens is 4. The van der Waals surface area contributed by atoms with E-state index in [-0.39, 0.29) is 21.1 Å². The molecule has 5 aromatic heterocycles. The zero-order valence-electron chi connectivity index (χ0n) is 32.4. The smallest absolute Gasteiger partial charge is 0.454 e. The first kappa shape index (κ1) is 35.4. The van der Waals surface area contributed by atoms with Gasteiger partial charge in [0.1, 0.15) is 17.2 Å². The van der Waals surface area contributed by atoms with Crippen LogP contribution in [0.1, 0.15) is 0 Å². The van der Waals surface area contributed by atoms with Crippen molar-refractivity contribution >= 4 is 104 Å². The van der Waals surface area contributed by atoms with E-state index in [1.807, 2.05) is 48.8 Å². The van der Waals surface area contributed by atoms with E-state index in [4.69, 9.17) is 14.4 Å². The molecule has 13 rings (SSSR count). The fourth-order valence-electron chi connectivity index (χ4n) is 9.40. The molecule has 61 heavy (non-hydrogen) atoms. The van der Waals surface area contributed by atoms with Crippen LogP contribution in [0.15, 0.2) is 193 Å². The Hall–Kier alpha value is -7.53. The zero-order chi connectivity index (χ0) is 39.3. The van der Waals surface area contributed by atoms with Crippen molar-refractivity contribution in [1.82, 2.24) is 19.1 Å². The van der Waals surface area contributed by atoms with Crippen molar-refractivity contribution in [2.75, 3.05) is 4.90 Å². The Bertz CT molecular complexity index is 3690. The second-order valence-corrected chi connectivity index (χ2v) is 15.2. The van der Waals surface area contributed by atoms with Crippen LogP contribution in [0.4, 0.5) is 17.1 Å². The summed E-state index contributed by atoms with van der Waals surface area (Å²) in [5.74, 6) is 1.66. The van der Waals surface area contributed by atoms with E-state index in [1.165, 1.54) is 5.39 Å². The number of benzene rings is 8. The molecule has 0 radical (unpaired) electrons. The summed E-state index contributed by atoms with van der Waals surface area (Å²) in [5, 5.41) is 11.2. The molecular formula is C54H31N5OPt. The molecule has 0 N–H and O–H groups in total. The van der Waals surface area contributed by atoms with Gasteiger partial charge in [0.25, 0.3) is 0 Å². The van der Waals surface area contributed by atoms with Crippen molar-refractivity contribution in [3.63, 3.8) is 0 Å². The van der Waals surface area contributed by atoms with Gasteiger partial charge in [-0.05, 0) is 80.8 Å². The van der Waals surface area contributed by atoms with Crippen LogP contribution in [0.25, 0.3) is 98.7 Å². The van der Waals surface area contributed by atoms with Gasteiger partial charge in [0.2, 0.25) is 0 Å². The minimum atomic E-state index is 0. The second kappa shape index (κ2) is 13.8. The summed E-state index contributed by atoms with van der Waals surface area (Å²) in [6.45, 7) is 0. The molecule has 0 spiro atoms. The van der Waals surface area contributed by atoms with E-state index in [9.17, 15) is 0 Å². The van der Waals surface area contributed by atoms with E-state index in [0.717, 1.165) is 110 Å². The summed E-state index contributed by atoms with van der Waals surface area (Å²) in [6.07, 6.45) is 3.68. The Kier molecular flexibility index (Phi) is 7.99. The standard InChI is InChI=1S/C54H31N5O.Pt/c1-3-15-38-34(13-1)23-28-49-52(38)53-39-16-4-2-14-35(39)31-48(54(53)60-49)57(36-24-26-42-40-17-5-7-19-44(40)58(46(42)32-36)50-21-9-11-29-55-50)37-25-27-43-41-18-6-8-20-45(41)59(47(43)33-37)51-22-10-12-30-56-51;/h1-31H;/q-2;+2. The number of hydrogen-bond donors (Lipinski definition) is 0. The molecule has 6 nitrogen and oxygen atoms in total. The van der Waals surface area contributed by atoms with Crippen molar-refractivity contribution in [1.29, 1.82) is 0 Å². The summed E-state index contributed by atoms with van der Waals surface area (Å²) >= 11 is 0. The molecule has 0 fully saturated rings. The summed E-state index contributed by atoms with van der Waals surface area (Å²) in [5.41, 5.74) is 8.16. The third kappa shape index (κ3) is 5.26. The minimum absolute atomic E-state index is 0. The third-order valence-electron chi connectivity index (χ3n) is 12.0. The van der Waals surface area contributed by atoms with E-state index < -0.39 is 0 Å². The Labute approximate surface area is 363 Å². The van der Waals surface area contributed by atoms with Gasteiger partial charge in [0.15, 0.2) is 5.58 Å². The molecule has 0 bridgehead atoms. The minimum Gasteiger partial charge on any atom is -0.454 e. The molecule has 0 amide bonds. The number of furan rings is 1. The number of para-hydroxylation sites is 2. The van der Waals surface area contributed by atoms with Gasteiger partial charge in [-0.2, -0.15) is 12.1 Å². The van der Waals surface area contributed by atoms with Gasteiger partial charge in [-0.15, -0.1) is 35.0 Å². The Morgan fingerprint density at radius 1 is 0.443 bits per heavy atom. The van der Waals surface area contributed by atoms with Crippen molar-refractivity contribution in [3.05, 3.63) is 200 Å². The second-order valence-electron chi connectivity index (χ2n) is 15.2. The number of hydrogen-bond acceptors (Lipinski definition) is 4. The van der Waals surface area contributed by atoms with Crippen LogP contribution in [-0.4, -0.2) is 19.1 Å². The number of pyridine rings is 2. The van der Waals surface area contributed by atoms with E-state index in [2.05, 4.69) is 166 Å². The fourth-order valence-corrected chi connectivity index (χ4v) is 9.40. The van der Waals surface area contributed by atoms with E-state index >= 15 is 0 Å². The van der Waals surface area contributed by atoms with Crippen LogP contribution in [0, 0.1) is 12.1 Å². The summed E-state index contributed by atoms with van der Waals surface area (Å²) in [7, 11) is 0. The molecule has 0 atom stereocenters. The maximum atomic E-state index is 7.08. The molecule has 0 aliphatic carbocycles. The molecule has 0 unspecified atom stereocenters. The van der Waals surface area contributed by atoms with Crippen molar-refractivity contribution < 1.29 is 25.5 Å². The Balaban J connectivity index is 0.00000399. The van der Waals surface area contributed by atoms with E-state index in [1.54, 1.807) is 0 Å². The first-order chi connectivity index (χ1) is 29.8. The number of nitrogens with zero attached hydrogens (tertiary/aromatic N) is 5. The molecule has 7 heteroatoms. The zero-order valence-corrected chi connectivity index (χ0v) is 34.6. The average molecular weight is 961 g/mol. The Morgan fingerprint density at radius 2 is 0.951 bits per heavy atom. The van der Waals surface area contributed by atoms with Crippen LogP contribution in [0.5, 0.6) is 0 Å². The predicted molar refractivity (Wildman–Crippen MR) is 245 cm³/mol. The van der Waals surface area contributed by atoms with Crippen LogP contribution < -0.4 is 4.90 Å². The average Bonchev–Trinajstić information content (AvgIpc) is 3.98. The van der Waals surface area contributed by atoms with Gasteiger partial charge in [-0.3, -0.25) is 0 Å². The van der Waals surface area contributed by atoms with Gasteiger partial charge in [0.05, 0.1) is 5.69 Å². The van der Waals surface area contributed by atoms with Crippen LogP contribution in [-0.2, 0) is 21.1 Å². The van der Waals surface area contributed by atoms with Crippen molar-refractivity contribution in [3.8, 4) is 11.6 Å². The molecule has 0 saturated heterocycles. The monoisotopic (exact) mass is 960 g/mol. The van der Waals surface area contributed by atoms with Crippen LogP contribution >= 0.6 is 0 Å². The SMILES string of the molecule is [Pt+2].[c-]1c(N(c2[c-]c3c(cc2)c2ccccc2n3-c2ccccn2)c2cc3ccccc3c3c2oc2ccc4ccccc4c23)ccc2c3ccccc3n(-c3ccccn3)c12. The molecule has 8 aromatic carbocycles. The first-order valence-corrected chi connectivity index (χ1v) is 20.1. The normalized spacial score (nSPS) is 11.8. The Morgan fingerprint density at radius 3 is 1.52 bits per heavy atom. The number of fused-ring (bicyclic) bond motifs is 13. The van der Waals surface area contributed by atoms with Crippen molar-refractivity contribution in [2.45, 2.75) is 0 Å². The number of rotatable bonds is 5. The quantitative estimate of drug-likeness (QED) is 0.161. The molecule has 0 aliphatic heterocycles. The summed E-state index contributed by atoms with van der Waals surface area (Å²) < 4.78 is 11.5. The first-order valence-electron chi connectivity index (χ1n) is 20.1. The summed E-state index contributed by atoms with van der Waals surface area (Å²) in [6, 6.07) is 69.4. The molecular weight excluding hydrogens is 930 g/mol. The third-order valence-corrected chi connectivity index (χ3v) is 12.0. The van der Waals surface area contributed by atoms with Crippen LogP contribution in [0.3, 0.4) is 0 Å². The largest absolute Gasteiger partial charge is 2.00 e. The molecule has 13 aromatic rings. The van der Waals surface area contributed by atoms with Crippen molar-refractivity contribution in [2.24, 2.45) is 0 Å². The van der Waals surface area contributed by atoms with Gasteiger partial charge in [0, 0.05) is 34.2 Å². The maximum Gasteiger partial charge on any atom is 2.00 e. The predicted octanol–water partition coefficient (Wildman–Crippen LogP) is 13.9. The fraction of sp³-hybridized carbons (Fsp3) is 0. The molecule has 0 saturated carbocycles. The van der Waals surface area contributed by atoms with Gasteiger partial charge >= 0.3 is 21.1 Å². The number of anilines is 3. The maximum absolute atomic E-state index is 7.08. The molecule has 0 aliphatic rings.